The van der Waals surface area contributed by atoms with E-state index in [0.29, 0.717) is 0 Å². The van der Waals surface area contributed by atoms with Crippen LogP contribution in [0.4, 0.5) is 0 Å². The Morgan fingerprint density at radius 2 is 1.77 bits per heavy atom. The number of ether oxygens (including phenoxy) is 1. The molecule has 0 N–H and O–H groups in total. The zero-order valence-corrected chi connectivity index (χ0v) is 9.51. The first kappa shape index (κ1) is 10.4. The molecule has 1 aromatic rings. The Hall–Kier alpha value is -0.643. The van der Waals surface area contributed by atoms with Crippen LogP contribution in [-0.4, -0.2) is 16.2 Å². The molecule has 0 aliphatic heterocycles. The van der Waals surface area contributed by atoms with Gasteiger partial charge in [0.05, 0.1) is 0 Å². The van der Waals surface area contributed by atoms with Gasteiger partial charge in [-0.15, -0.1) is 0 Å². The molecule has 0 saturated carbocycles. The molecule has 0 fully saturated rings. The predicted octanol–water partition coefficient (Wildman–Crippen LogP) is 2.33. The molecule has 1 aromatic carbocycles. The van der Waals surface area contributed by atoms with Crippen molar-refractivity contribution >= 4 is 9.04 Å². The molecule has 0 heterocycles. The predicted molar refractivity (Wildman–Crippen MR) is 56.2 cm³/mol. The van der Waals surface area contributed by atoms with Crippen LogP contribution in [0.2, 0.25) is 13.1 Å². The van der Waals surface area contributed by atoms with Crippen LogP contribution in [0.25, 0.3) is 0 Å². The molecular formula is C10H16O2Si. The van der Waals surface area contributed by atoms with E-state index < -0.39 is 9.04 Å². The molecule has 0 aromatic heterocycles. The van der Waals surface area contributed by atoms with E-state index in [9.17, 15) is 0 Å². The summed E-state index contributed by atoms with van der Waals surface area (Å²) in [6, 6.07) is 10.0. The third-order valence-corrected chi connectivity index (χ3v) is 2.47. The number of methoxy groups -OCH3 is 1. The van der Waals surface area contributed by atoms with Gasteiger partial charge in [0, 0.05) is 12.7 Å². The summed E-state index contributed by atoms with van der Waals surface area (Å²) in [4.78, 5) is 0. The topological polar surface area (TPSA) is 18.5 Å². The number of hydrogen-bond acceptors (Lipinski definition) is 2. The molecule has 13 heavy (non-hydrogen) atoms. The average molecular weight is 196 g/mol. The fourth-order valence-electron chi connectivity index (χ4n) is 1.13. The highest BCUT2D eigenvalue weighted by molar-refractivity contribution is 6.48. The number of benzene rings is 1. The number of hydrogen-bond donors (Lipinski definition) is 0. The molecule has 0 saturated heterocycles. The van der Waals surface area contributed by atoms with E-state index in [-0.39, 0.29) is 6.29 Å². The number of rotatable bonds is 4. The zero-order chi connectivity index (χ0) is 9.68. The van der Waals surface area contributed by atoms with Gasteiger partial charge in [0.1, 0.15) is 0 Å². The zero-order valence-electron chi connectivity index (χ0n) is 8.36. The van der Waals surface area contributed by atoms with E-state index in [2.05, 4.69) is 13.1 Å². The van der Waals surface area contributed by atoms with Gasteiger partial charge in [-0.1, -0.05) is 30.3 Å². The molecule has 1 rings (SSSR count). The van der Waals surface area contributed by atoms with Crippen LogP contribution in [0.3, 0.4) is 0 Å². The van der Waals surface area contributed by atoms with Gasteiger partial charge in [0.15, 0.2) is 15.3 Å². The minimum atomic E-state index is -1.04. The Labute approximate surface area is 81.2 Å². The van der Waals surface area contributed by atoms with Crippen molar-refractivity contribution < 1.29 is 9.16 Å². The van der Waals surface area contributed by atoms with E-state index in [4.69, 9.17) is 9.16 Å². The standard InChI is InChI=1S/C10H16O2Si/c1-11-10(12-13(2)3)9-7-5-4-6-8-9/h4-8,10,13H,1-3H3. The lowest BCUT2D eigenvalue weighted by Crippen LogP contribution is -2.15. The molecular weight excluding hydrogens is 180 g/mol. The Kier molecular flexibility index (Phi) is 4.15. The van der Waals surface area contributed by atoms with Gasteiger partial charge in [0.25, 0.3) is 0 Å². The fourth-order valence-corrected chi connectivity index (χ4v) is 1.89. The summed E-state index contributed by atoms with van der Waals surface area (Å²) in [5, 5.41) is 0. The summed E-state index contributed by atoms with van der Waals surface area (Å²) in [7, 11) is 0.634. The summed E-state index contributed by atoms with van der Waals surface area (Å²) >= 11 is 0. The van der Waals surface area contributed by atoms with E-state index in [1.54, 1.807) is 7.11 Å². The minimum absolute atomic E-state index is 0.187. The van der Waals surface area contributed by atoms with Crippen molar-refractivity contribution in [2.24, 2.45) is 0 Å². The van der Waals surface area contributed by atoms with Crippen molar-refractivity contribution in [2.75, 3.05) is 7.11 Å². The van der Waals surface area contributed by atoms with Crippen molar-refractivity contribution in [1.82, 2.24) is 0 Å². The second-order valence-corrected chi connectivity index (χ2v) is 5.53. The monoisotopic (exact) mass is 196 g/mol. The first-order chi connectivity index (χ1) is 6.24. The summed E-state index contributed by atoms with van der Waals surface area (Å²) in [6.07, 6.45) is -0.187. The van der Waals surface area contributed by atoms with Crippen LogP contribution in [0.1, 0.15) is 11.9 Å². The van der Waals surface area contributed by atoms with Crippen LogP contribution < -0.4 is 0 Å². The van der Waals surface area contributed by atoms with Crippen molar-refractivity contribution in [1.29, 1.82) is 0 Å². The third-order valence-electron chi connectivity index (χ3n) is 1.68. The van der Waals surface area contributed by atoms with Gasteiger partial charge in [-0.05, 0) is 13.1 Å². The second kappa shape index (κ2) is 5.17. The Morgan fingerprint density at radius 1 is 1.15 bits per heavy atom. The summed E-state index contributed by atoms with van der Waals surface area (Å²) in [5.74, 6) is 0. The molecule has 0 radical (unpaired) electrons. The van der Waals surface area contributed by atoms with Gasteiger partial charge in [-0.25, -0.2) is 0 Å². The molecule has 72 valence electrons. The van der Waals surface area contributed by atoms with E-state index in [1.807, 2.05) is 30.3 Å². The molecule has 0 bridgehead atoms. The molecule has 0 aliphatic rings. The largest absolute Gasteiger partial charge is 0.393 e. The molecule has 0 amide bonds. The van der Waals surface area contributed by atoms with Gasteiger partial charge >= 0.3 is 0 Å². The van der Waals surface area contributed by atoms with E-state index in [1.165, 1.54) is 0 Å². The highest BCUT2D eigenvalue weighted by Gasteiger charge is 2.11. The van der Waals surface area contributed by atoms with Crippen molar-refractivity contribution in [3.05, 3.63) is 35.9 Å². The Bertz CT molecular complexity index is 236. The Morgan fingerprint density at radius 3 is 2.23 bits per heavy atom. The van der Waals surface area contributed by atoms with Crippen LogP contribution in [0.15, 0.2) is 30.3 Å². The maximum atomic E-state index is 5.70. The van der Waals surface area contributed by atoms with Crippen LogP contribution in [-0.2, 0) is 9.16 Å². The first-order valence-electron chi connectivity index (χ1n) is 4.47. The first-order valence-corrected chi connectivity index (χ1v) is 7.25. The van der Waals surface area contributed by atoms with Gasteiger partial charge < -0.3 is 9.16 Å². The average Bonchev–Trinajstić information content (AvgIpc) is 2.15. The fraction of sp³-hybridized carbons (Fsp3) is 0.400. The quantitative estimate of drug-likeness (QED) is 0.543. The lowest BCUT2D eigenvalue weighted by atomic mass is 10.2. The molecule has 1 atom stereocenters. The third kappa shape index (κ3) is 3.30. The molecule has 0 aliphatic carbocycles. The summed E-state index contributed by atoms with van der Waals surface area (Å²) < 4.78 is 11.0. The van der Waals surface area contributed by atoms with Crippen LogP contribution in [0.5, 0.6) is 0 Å². The smallest absolute Gasteiger partial charge is 0.174 e. The maximum Gasteiger partial charge on any atom is 0.174 e. The normalized spacial score (nSPS) is 13.2. The molecule has 0 spiro atoms. The van der Waals surface area contributed by atoms with E-state index >= 15 is 0 Å². The van der Waals surface area contributed by atoms with E-state index in [0.717, 1.165) is 5.56 Å². The van der Waals surface area contributed by atoms with Gasteiger partial charge in [0.2, 0.25) is 0 Å². The lowest BCUT2D eigenvalue weighted by molar-refractivity contribution is -0.0581. The molecule has 2 nitrogen and oxygen atoms in total. The van der Waals surface area contributed by atoms with Crippen LogP contribution in [0, 0.1) is 0 Å². The molecule has 1 unspecified atom stereocenters. The minimum Gasteiger partial charge on any atom is -0.393 e. The Balaban J connectivity index is 2.67. The summed E-state index contributed by atoms with van der Waals surface area (Å²) in [5.41, 5.74) is 1.09. The van der Waals surface area contributed by atoms with Crippen molar-refractivity contribution in [3.63, 3.8) is 0 Å². The van der Waals surface area contributed by atoms with Crippen molar-refractivity contribution in [3.8, 4) is 0 Å². The van der Waals surface area contributed by atoms with Gasteiger partial charge in [-0.2, -0.15) is 0 Å². The second-order valence-electron chi connectivity index (χ2n) is 3.16. The van der Waals surface area contributed by atoms with Crippen LogP contribution >= 0.6 is 0 Å². The van der Waals surface area contributed by atoms with Gasteiger partial charge in [-0.3, -0.25) is 0 Å². The highest BCUT2D eigenvalue weighted by atomic mass is 28.3. The summed E-state index contributed by atoms with van der Waals surface area (Å²) in [6.45, 7) is 4.27. The lowest BCUT2D eigenvalue weighted by Gasteiger charge is -2.18. The molecule has 3 heteroatoms. The van der Waals surface area contributed by atoms with Crippen molar-refractivity contribution in [2.45, 2.75) is 19.4 Å². The highest BCUT2D eigenvalue weighted by Crippen LogP contribution is 2.18. The SMILES string of the molecule is COC(O[SiH](C)C)c1ccccc1. The maximum absolute atomic E-state index is 5.70.